The normalized spacial score (nSPS) is 17.4. The first-order chi connectivity index (χ1) is 9.24. The van der Waals surface area contributed by atoms with Crippen LogP contribution in [0.4, 0.5) is 5.82 Å². The van der Waals surface area contributed by atoms with Crippen molar-refractivity contribution in [3.05, 3.63) is 35.5 Å². The number of nitrogens with one attached hydrogen (secondary N) is 1. The average molecular weight is 259 g/mol. The van der Waals surface area contributed by atoms with E-state index in [2.05, 4.69) is 20.3 Å². The number of ether oxygens (including phenoxy) is 1. The summed E-state index contributed by atoms with van der Waals surface area (Å²) >= 11 is 0. The first-order valence-corrected chi connectivity index (χ1v) is 6.08. The molecule has 0 bridgehead atoms. The summed E-state index contributed by atoms with van der Waals surface area (Å²) in [5.41, 5.74) is 1.68. The van der Waals surface area contributed by atoms with E-state index in [4.69, 9.17) is 4.74 Å². The highest BCUT2D eigenvalue weighted by molar-refractivity contribution is 5.94. The number of aromatic nitrogens is 2. The fourth-order valence-electron chi connectivity index (χ4n) is 2.05. The number of fused-ring (bicyclic) bond motifs is 1. The molecule has 1 aromatic heterocycles. The zero-order chi connectivity index (χ0) is 13.2. The second-order valence-corrected chi connectivity index (χ2v) is 4.44. The van der Waals surface area contributed by atoms with Gasteiger partial charge in [0.25, 0.3) is 5.91 Å². The number of benzene rings is 1. The smallest absolute Gasteiger partial charge is 0.266 e. The largest absolute Gasteiger partial charge is 0.480 e. The number of aryl methyl sites for hydroxylation is 2. The molecule has 0 spiro atoms. The lowest BCUT2D eigenvalue weighted by atomic mass is 10.0. The van der Waals surface area contributed by atoms with Crippen LogP contribution in [-0.4, -0.2) is 22.3 Å². The van der Waals surface area contributed by atoms with E-state index in [0.29, 0.717) is 17.9 Å². The van der Waals surface area contributed by atoms with E-state index in [-0.39, 0.29) is 5.91 Å². The Kier molecular flexibility index (Phi) is 2.91. The maximum Gasteiger partial charge on any atom is 0.266 e. The number of nitrogens with zero attached hydrogens (tertiary/aromatic N) is 2. The molecule has 0 aliphatic carbocycles. The second kappa shape index (κ2) is 4.72. The summed E-state index contributed by atoms with van der Waals surface area (Å²) in [4.78, 5) is 12.1. The molecule has 1 aromatic carbocycles. The molecular formula is C13H13N3O3. The van der Waals surface area contributed by atoms with Crippen molar-refractivity contribution in [1.82, 2.24) is 10.3 Å². The molecule has 1 unspecified atom stereocenters. The van der Waals surface area contributed by atoms with Crippen LogP contribution in [0.5, 0.6) is 5.75 Å². The monoisotopic (exact) mass is 259 g/mol. The van der Waals surface area contributed by atoms with Gasteiger partial charge in [-0.2, -0.15) is 0 Å². The zero-order valence-electron chi connectivity index (χ0n) is 10.4. The van der Waals surface area contributed by atoms with Gasteiger partial charge in [-0.05, 0) is 36.6 Å². The fourth-order valence-corrected chi connectivity index (χ4v) is 2.05. The molecule has 0 saturated carbocycles. The predicted octanol–water partition coefficient (Wildman–Crippen LogP) is 1.71. The van der Waals surface area contributed by atoms with Crippen LogP contribution in [0.2, 0.25) is 0 Å². The molecule has 1 aliphatic rings. The molecule has 98 valence electrons. The molecule has 6 nitrogen and oxygen atoms in total. The van der Waals surface area contributed by atoms with Crippen molar-refractivity contribution in [1.29, 1.82) is 0 Å². The average Bonchev–Trinajstić information content (AvgIpc) is 2.84. The Hall–Kier alpha value is -2.37. The highest BCUT2D eigenvalue weighted by Gasteiger charge is 2.26. The Labute approximate surface area is 109 Å². The van der Waals surface area contributed by atoms with Crippen molar-refractivity contribution in [3.8, 4) is 5.75 Å². The number of carbonyl (C=O) groups excluding carboxylic acids is 1. The quantitative estimate of drug-likeness (QED) is 0.888. The summed E-state index contributed by atoms with van der Waals surface area (Å²) in [5, 5.41) is 9.89. The number of hydrogen-bond acceptors (Lipinski definition) is 5. The number of carbonyl (C=O) groups is 1. The lowest BCUT2D eigenvalue weighted by Gasteiger charge is -2.24. The second-order valence-electron chi connectivity index (χ2n) is 4.44. The van der Waals surface area contributed by atoms with Crippen LogP contribution in [0.1, 0.15) is 17.7 Å². The maximum atomic E-state index is 12.1. The molecule has 0 radical (unpaired) electrons. The zero-order valence-corrected chi connectivity index (χ0v) is 10.4. The SMILES string of the molecule is Cc1nonc1NC(=O)C1CCc2ccccc2O1. The molecule has 1 aliphatic heterocycles. The van der Waals surface area contributed by atoms with Crippen LogP contribution < -0.4 is 10.1 Å². The number of para-hydroxylation sites is 1. The highest BCUT2D eigenvalue weighted by Crippen LogP contribution is 2.27. The lowest BCUT2D eigenvalue weighted by Crippen LogP contribution is -2.36. The molecule has 2 heterocycles. The van der Waals surface area contributed by atoms with Crippen molar-refractivity contribution >= 4 is 11.7 Å². The lowest BCUT2D eigenvalue weighted by molar-refractivity contribution is -0.123. The number of rotatable bonds is 2. The Morgan fingerprint density at radius 2 is 2.21 bits per heavy atom. The van der Waals surface area contributed by atoms with Gasteiger partial charge in [0.1, 0.15) is 11.4 Å². The minimum atomic E-state index is -0.508. The number of amides is 1. The van der Waals surface area contributed by atoms with Gasteiger partial charge in [0.15, 0.2) is 11.9 Å². The summed E-state index contributed by atoms with van der Waals surface area (Å²) in [5.74, 6) is 0.879. The van der Waals surface area contributed by atoms with Gasteiger partial charge in [-0.1, -0.05) is 23.4 Å². The van der Waals surface area contributed by atoms with Gasteiger partial charge in [0.2, 0.25) is 0 Å². The van der Waals surface area contributed by atoms with Crippen molar-refractivity contribution in [2.24, 2.45) is 0 Å². The van der Waals surface area contributed by atoms with E-state index in [1.807, 2.05) is 24.3 Å². The first-order valence-electron chi connectivity index (χ1n) is 6.08. The molecule has 19 heavy (non-hydrogen) atoms. The third-order valence-electron chi connectivity index (χ3n) is 3.10. The molecule has 6 heteroatoms. The van der Waals surface area contributed by atoms with Gasteiger partial charge < -0.3 is 10.1 Å². The molecule has 2 aromatic rings. The van der Waals surface area contributed by atoms with Crippen LogP contribution in [0.3, 0.4) is 0 Å². The van der Waals surface area contributed by atoms with Gasteiger partial charge >= 0.3 is 0 Å². The van der Waals surface area contributed by atoms with Crippen molar-refractivity contribution < 1.29 is 14.2 Å². The van der Waals surface area contributed by atoms with Gasteiger partial charge in [-0.3, -0.25) is 4.79 Å². The van der Waals surface area contributed by atoms with Crippen molar-refractivity contribution in [2.75, 3.05) is 5.32 Å². The van der Waals surface area contributed by atoms with E-state index >= 15 is 0 Å². The Bertz CT molecular complexity index is 609. The topological polar surface area (TPSA) is 77.3 Å². The number of hydrogen-bond donors (Lipinski definition) is 1. The molecule has 3 rings (SSSR count). The van der Waals surface area contributed by atoms with E-state index in [1.165, 1.54) is 0 Å². The molecule has 1 atom stereocenters. The Balaban J connectivity index is 1.71. The van der Waals surface area contributed by atoms with Gasteiger partial charge in [-0.15, -0.1) is 0 Å². The van der Waals surface area contributed by atoms with Gasteiger partial charge in [-0.25, -0.2) is 4.63 Å². The summed E-state index contributed by atoms with van der Waals surface area (Å²) in [6.07, 6.45) is 0.961. The van der Waals surface area contributed by atoms with E-state index < -0.39 is 6.10 Å². The van der Waals surface area contributed by atoms with E-state index in [1.54, 1.807) is 6.92 Å². The first kappa shape index (κ1) is 11.7. The Morgan fingerprint density at radius 1 is 1.37 bits per heavy atom. The van der Waals surface area contributed by atoms with Crippen LogP contribution in [-0.2, 0) is 11.2 Å². The fraction of sp³-hybridized carbons (Fsp3) is 0.308. The summed E-state index contributed by atoms with van der Waals surface area (Å²) < 4.78 is 10.2. The van der Waals surface area contributed by atoms with Crippen LogP contribution >= 0.6 is 0 Å². The van der Waals surface area contributed by atoms with E-state index in [9.17, 15) is 4.79 Å². The summed E-state index contributed by atoms with van der Waals surface area (Å²) in [6, 6.07) is 7.74. The van der Waals surface area contributed by atoms with Gasteiger partial charge in [0, 0.05) is 0 Å². The van der Waals surface area contributed by atoms with Crippen molar-refractivity contribution in [3.63, 3.8) is 0 Å². The maximum absolute atomic E-state index is 12.1. The van der Waals surface area contributed by atoms with E-state index in [0.717, 1.165) is 17.7 Å². The van der Waals surface area contributed by atoms with Gasteiger partial charge in [0.05, 0.1) is 0 Å². The molecule has 0 saturated heterocycles. The minimum absolute atomic E-state index is 0.228. The van der Waals surface area contributed by atoms with Crippen LogP contribution in [0, 0.1) is 6.92 Å². The number of anilines is 1. The minimum Gasteiger partial charge on any atom is -0.480 e. The predicted molar refractivity (Wildman–Crippen MR) is 66.8 cm³/mol. The molecule has 1 amide bonds. The molecule has 1 N–H and O–H groups in total. The Morgan fingerprint density at radius 3 is 3.00 bits per heavy atom. The van der Waals surface area contributed by atoms with Crippen molar-refractivity contribution in [2.45, 2.75) is 25.9 Å². The van der Waals surface area contributed by atoms with Crippen LogP contribution in [0.15, 0.2) is 28.9 Å². The summed E-state index contributed by atoms with van der Waals surface area (Å²) in [6.45, 7) is 1.71. The third kappa shape index (κ3) is 2.29. The van der Waals surface area contributed by atoms with Crippen LogP contribution in [0.25, 0.3) is 0 Å². The molecule has 0 fully saturated rings. The summed E-state index contributed by atoms with van der Waals surface area (Å²) in [7, 11) is 0. The standard InChI is InChI=1S/C13H13N3O3/c1-8-12(16-19-15-8)14-13(17)11-7-6-9-4-2-3-5-10(9)18-11/h2-5,11H,6-7H2,1H3,(H,14,16,17). The molecular weight excluding hydrogens is 246 g/mol. The highest BCUT2D eigenvalue weighted by atomic mass is 16.6. The third-order valence-corrected chi connectivity index (χ3v) is 3.10.